The second-order valence-electron chi connectivity index (χ2n) is 7.28. The molecule has 1 saturated heterocycles. The van der Waals surface area contributed by atoms with Crippen LogP contribution in [0.25, 0.3) is 11.3 Å². The molecule has 1 amide bonds. The van der Waals surface area contributed by atoms with E-state index in [1.807, 2.05) is 23.1 Å². The van der Waals surface area contributed by atoms with Gasteiger partial charge in [-0.1, -0.05) is 37.3 Å². The van der Waals surface area contributed by atoms with E-state index in [2.05, 4.69) is 54.2 Å². The molecule has 2 atom stereocenters. The number of hydrogen-bond donors (Lipinski definition) is 1. The van der Waals surface area contributed by atoms with Crippen molar-refractivity contribution < 1.29 is 4.79 Å². The summed E-state index contributed by atoms with van der Waals surface area (Å²) < 4.78 is 0. The number of likely N-dealkylation sites (tertiary alicyclic amines) is 1. The SMILES string of the molecule is CCCN1CC[C@H](N(C)[C@H](C)c2cc(-c3ccccc3)n[nH]2)CCC1=O. The first-order valence-electron chi connectivity index (χ1n) is 9.70. The first-order valence-corrected chi connectivity index (χ1v) is 9.70. The Bertz CT molecular complexity index is 712. The third-order valence-electron chi connectivity index (χ3n) is 5.57. The van der Waals surface area contributed by atoms with Gasteiger partial charge in [0.15, 0.2) is 0 Å². The molecule has 0 radical (unpaired) electrons. The number of nitrogens with one attached hydrogen (secondary N) is 1. The molecule has 5 heteroatoms. The molecule has 1 aliphatic heterocycles. The molecule has 2 heterocycles. The summed E-state index contributed by atoms with van der Waals surface area (Å²) in [6, 6.07) is 13.0. The van der Waals surface area contributed by atoms with Crippen molar-refractivity contribution in [3.8, 4) is 11.3 Å². The van der Waals surface area contributed by atoms with E-state index in [9.17, 15) is 4.79 Å². The summed E-state index contributed by atoms with van der Waals surface area (Å²) in [6.07, 6.45) is 3.64. The number of benzene rings is 1. The smallest absolute Gasteiger partial charge is 0.222 e. The average molecular weight is 354 g/mol. The van der Waals surface area contributed by atoms with Crippen molar-refractivity contribution in [1.82, 2.24) is 20.0 Å². The maximum Gasteiger partial charge on any atom is 0.222 e. The van der Waals surface area contributed by atoms with Crippen molar-refractivity contribution in [1.29, 1.82) is 0 Å². The van der Waals surface area contributed by atoms with Crippen molar-refractivity contribution in [3.63, 3.8) is 0 Å². The minimum atomic E-state index is 0.234. The fourth-order valence-corrected chi connectivity index (χ4v) is 3.78. The number of carbonyl (C=O) groups is 1. The van der Waals surface area contributed by atoms with Gasteiger partial charge < -0.3 is 4.90 Å². The van der Waals surface area contributed by atoms with Crippen molar-refractivity contribution in [2.24, 2.45) is 0 Å². The molecule has 1 aliphatic rings. The maximum atomic E-state index is 12.3. The van der Waals surface area contributed by atoms with Gasteiger partial charge in [0.2, 0.25) is 5.91 Å². The van der Waals surface area contributed by atoms with Gasteiger partial charge in [-0.05, 0) is 39.3 Å². The van der Waals surface area contributed by atoms with E-state index in [4.69, 9.17) is 0 Å². The monoisotopic (exact) mass is 354 g/mol. The summed E-state index contributed by atoms with van der Waals surface area (Å²) >= 11 is 0. The number of H-pyrrole nitrogens is 1. The van der Waals surface area contributed by atoms with Crippen LogP contribution in [0.5, 0.6) is 0 Å². The van der Waals surface area contributed by atoms with Gasteiger partial charge in [0.1, 0.15) is 0 Å². The number of rotatable bonds is 6. The van der Waals surface area contributed by atoms with Crippen molar-refractivity contribution in [2.75, 3.05) is 20.1 Å². The average Bonchev–Trinajstić information content (AvgIpc) is 3.09. The van der Waals surface area contributed by atoms with Gasteiger partial charge >= 0.3 is 0 Å². The van der Waals surface area contributed by atoms with Crippen LogP contribution in [-0.2, 0) is 4.79 Å². The molecule has 1 aromatic carbocycles. The second-order valence-corrected chi connectivity index (χ2v) is 7.28. The molecule has 0 spiro atoms. The van der Waals surface area contributed by atoms with E-state index < -0.39 is 0 Å². The Morgan fingerprint density at radius 2 is 2.08 bits per heavy atom. The first kappa shape index (κ1) is 18.6. The number of carbonyl (C=O) groups excluding carboxylic acids is 1. The molecule has 0 bridgehead atoms. The van der Waals surface area contributed by atoms with Crippen LogP contribution in [0.1, 0.15) is 51.3 Å². The lowest BCUT2D eigenvalue weighted by molar-refractivity contribution is -0.130. The van der Waals surface area contributed by atoms with Crippen LogP contribution in [0, 0.1) is 0 Å². The molecule has 0 saturated carbocycles. The normalized spacial score (nSPS) is 19.6. The van der Waals surface area contributed by atoms with Crippen LogP contribution in [0.15, 0.2) is 36.4 Å². The topological polar surface area (TPSA) is 52.2 Å². The summed E-state index contributed by atoms with van der Waals surface area (Å²) in [4.78, 5) is 16.7. The third kappa shape index (κ3) is 4.15. The molecular weight excluding hydrogens is 324 g/mol. The molecule has 0 aliphatic carbocycles. The molecule has 0 unspecified atom stereocenters. The third-order valence-corrected chi connectivity index (χ3v) is 5.57. The fraction of sp³-hybridized carbons (Fsp3) is 0.524. The summed E-state index contributed by atoms with van der Waals surface area (Å²) in [5.74, 6) is 0.309. The van der Waals surface area contributed by atoms with E-state index in [0.29, 0.717) is 18.4 Å². The summed E-state index contributed by atoms with van der Waals surface area (Å²) in [7, 11) is 2.17. The fourth-order valence-electron chi connectivity index (χ4n) is 3.78. The first-order chi connectivity index (χ1) is 12.6. The summed E-state index contributed by atoms with van der Waals surface area (Å²) in [5, 5.41) is 7.70. The highest BCUT2D eigenvalue weighted by Gasteiger charge is 2.27. The molecule has 26 heavy (non-hydrogen) atoms. The number of amides is 1. The van der Waals surface area contributed by atoms with Gasteiger partial charge in [-0.2, -0.15) is 5.10 Å². The van der Waals surface area contributed by atoms with Crippen molar-refractivity contribution in [2.45, 2.75) is 51.6 Å². The quantitative estimate of drug-likeness (QED) is 0.857. The lowest BCUT2D eigenvalue weighted by atomic mass is 10.0. The van der Waals surface area contributed by atoms with E-state index >= 15 is 0 Å². The maximum absolute atomic E-state index is 12.3. The minimum Gasteiger partial charge on any atom is -0.343 e. The van der Waals surface area contributed by atoms with Gasteiger partial charge in [0.05, 0.1) is 11.4 Å². The molecule has 1 aromatic heterocycles. The zero-order valence-corrected chi connectivity index (χ0v) is 16.1. The Hall–Kier alpha value is -2.14. The van der Waals surface area contributed by atoms with Crippen LogP contribution in [0.3, 0.4) is 0 Å². The van der Waals surface area contributed by atoms with Gasteiger partial charge in [0.25, 0.3) is 0 Å². The highest BCUT2D eigenvalue weighted by atomic mass is 16.2. The molecule has 140 valence electrons. The van der Waals surface area contributed by atoms with Crippen LogP contribution in [-0.4, -0.2) is 52.1 Å². The van der Waals surface area contributed by atoms with Gasteiger partial charge in [-0.15, -0.1) is 0 Å². The zero-order chi connectivity index (χ0) is 18.5. The van der Waals surface area contributed by atoms with Crippen molar-refractivity contribution in [3.05, 3.63) is 42.1 Å². The number of hydrogen-bond acceptors (Lipinski definition) is 3. The predicted octanol–water partition coefficient (Wildman–Crippen LogP) is 3.86. The minimum absolute atomic E-state index is 0.234. The highest BCUT2D eigenvalue weighted by Crippen LogP contribution is 2.27. The Morgan fingerprint density at radius 3 is 2.81 bits per heavy atom. The van der Waals surface area contributed by atoms with Crippen molar-refractivity contribution >= 4 is 5.91 Å². The largest absolute Gasteiger partial charge is 0.343 e. The lowest BCUT2D eigenvalue weighted by Gasteiger charge is -2.32. The van der Waals surface area contributed by atoms with Crippen LogP contribution in [0.2, 0.25) is 0 Å². The standard InChI is InChI=1S/C21H30N4O/c1-4-13-25-14-12-18(10-11-21(25)26)24(3)16(2)19-15-20(23-22-19)17-8-6-5-7-9-17/h5-9,15-16,18H,4,10-14H2,1-3H3,(H,22,23)/t16-,18-/m1/s1. The summed E-state index contributed by atoms with van der Waals surface area (Å²) in [5.41, 5.74) is 3.22. The molecule has 3 rings (SSSR count). The molecule has 1 N–H and O–H groups in total. The number of aromatic amines is 1. The van der Waals surface area contributed by atoms with E-state index in [1.54, 1.807) is 0 Å². The molecule has 1 fully saturated rings. The second kappa shape index (κ2) is 8.49. The van der Waals surface area contributed by atoms with Crippen LogP contribution < -0.4 is 0 Å². The highest BCUT2D eigenvalue weighted by molar-refractivity contribution is 5.76. The Morgan fingerprint density at radius 1 is 1.31 bits per heavy atom. The van der Waals surface area contributed by atoms with E-state index in [0.717, 1.165) is 49.3 Å². The van der Waals surface area contributed by atoms with Gasteiger partial charge in [-0.25, -0.2) is 0 Å². The van der Waals surface area contributed by atoms with Crippen LogP contribution >= 0.6 is 0 Å². The number of nitrogens with zero attached hydrogens (tertiary/aromatic N) is 3. The van der Waals surface area contributed by atoms with Gasteiger partial charge in [0, 0.05) is 37.2 Å². The Labute approximate surface area is 156 Å². The Balaban J connectivity index is 1.67. The zero-order valence-electron chi connectivity index (χ0n) is 16.1. The lowest BCUT2D eigenvalue weighted by Crippen LogP contribution is -2.35. The van der Waals surface area contributed by atoms with Crippen LogP contribution in [0.4, 0.5) is 0 Å². The van der Waals surface area contributed by atoms with Gasteiger partial charge in [-0.3, -0.25) is 14.8 Å². The van der Waals surface area contributed by atoms with E-state index in [1.165, 1.54) is 0 Å². The number of aromatic nitrogens is 2. The van der Waals surface area contributed by atoms with E-state index in [-0.39, 0.29) is 6.04 Å². The Kier molecular flexibility index (Phi) is 6.09. The molecule has 2 aromatic rings. The predicted molar refractivity (Wildman–Crippen MR) is 105 cm³/mol. The molecule has 5 nitrogen and oxygen atoms in total. The molecular formula is C21H30N4O. The summed E-state index contributed by atoms with van der Waals surface area (Å²) in [6.45, 7) is 6.09.